The average molecular weight is 287 g/mol. The number of benzene rings is 1. The van der Waals surface area contributed by atoms with Crippen molar-refractivity contribution < 1.29 is 9.18 Å². The Morgan fingerprint density at radius 2 is 2.25 bits per heavy atom. The molecule has 1 amide bonds. The Bertz CT molecular complexity index is 450. The maximum Gasteiger partial charge on any atom is 0.228 e. The van der Waals surface area contributed by atoms with Crippen LogP contribution in [0, 0.1) is 12.7 Å². The molecular weight excluding hydrogens is 275 g/mol. The van der Waals surface area contributed by atoms with Crippen molar-refractivity contribution in [2.75, 3.05) is 11.4 Å². The number of carbonyl (C=O) groups is 1. The lowest BCUT2D eigenvalue weighted by molar-refractivity contribution is -0.117. The topological polar surface area (TPSA) is 46.3 Å². The van der Waals surface area contributed by atoms with E-state index in [0.717, 1.165) is 11.3 Å². The SMILES string of the molecule is Cc1cc(F)c(Br)cc1N1CC(N)CC1=O. The number of amides is 1. The molecule has 1 aromatic rings. The van der Waals surface area contributed by atoms with Crippen molar-refractivity contribution in [3.05, 3.63) is 28.0 Å². The number of hydrogen-bond donors (Lipinski definition) is 1. The third-order valence-corrected chi connectivity index (χ3v) is 3.29. The van der Waals surface area contributed by atoms with E-state index in [4.69, 9.17) is 5.73 Å². The fourth-order valence-electron chi connectivity index (χ4n) is 1.89. The molecule has 0 spiro atoms. The van der Waals surface area contributed by atoms with E-state index < -0.39 is 0 Å². The molecule has 2 rings (SSSR count). The number of hydrogen-bond acceptors (Lipinski definition) is 2. The highest BCUT2D eigenvalue weighted by Gasteiger charge is 2.29. The lowest BCUT2D eigenvalue weighted by Gasteiger charge is -2.19. The van der Waals surface area contributed by atoms with Crippen molar-refractivity contribution in [3.8, 4) is 0 Å². The monoisotopic (exact) mass is 286 g/mol. The van der Waals surface area contributed by atoms with Gasteiger partial charge in [-0.3, -0.25) is 4.79 Å². The van der Waals surface area contributed by atoms with E-state index in [1.165, 1.54) is 6.07 Å². The second kappa shape index (κ2) is 4.14. The van der Waals surface area contributed by atoms with Crippen LogP contribution in [-0.4, -0.2) is 18.5 Å². The van der Waals surface area contributed by atoms with Gasteiger partial charge in [0.1, 0.15) is 5.82 Å². The molecule has 1 aliphatic rings. The van der Waals surface area contributed by atoms with Gasteiger partial charge in [-0.25, -0.2) is 4.39 Å². The molecule has 3 nitrogen and oxygen atoms in total. The van der Waals surface area contributed by atoms with Gasteiger partial charge in [0.2, 0.25) is 5.91 Å². The molecule has 1 saturated heterocycles. The van der Waals surface area contributed by atoms with Crippen molar-refractivity contribution >= 4 is 27.5 Å². The summed E-state index contributed by atoms with van der Waals surface area (Å²) in [6, 6.07) is 2.91. The van der Waals surface area contributed by atoms with E-state index in [1.807, 2.05) is 0 Å². The minimum atomic E-state index is -0.322. The predicted molar refractivity (Wildman–Crippen MR) is 63.8 cm³/mol. The van der Waals surface area contributed by atoms with Crippen LogP contribution in [0.2, 0.25) is 0 Å². The molecule has 1 aromatic carbocycles. The zero-order chi connectivity index (χ0) is 11.9. The summed E-state index contributed by atoms with van der Waals surface area (Å²) < 4.78 is 13.6. The molecule has 1 unspecified atom stereocenters. The largest absolute Gasteiger partial charge is 0.326 e. The minimum absolute atomic E-state index is 0.00546. The van der Waals surface area contributed by atoms with Crippen LogP contribution in [0.25, 0.3) is 0 Å². The maximum absolute atomic E-state index is 13.2. The van der Waals surface area contributed by atoms with E-state index >= 15 is 0 Å². The smallest absolute Gasteiger partial charge is 0.228 e. The molecule has 1 fully saturated rings. The van der Waals surface area contributed by atoms with Crippen molar-refractivity contribution in [1.29, 1.82) is 0 Å². The first-order valence-electron chi connectivity index (χ1n) is 5.00. The molecule has 2 N–H and O–H groups in total. The second-order valence-corrected chi connectivity index (χ2v) is 4.88. The summed E-state index contributed by atoms with van der Waals surface area (Å²) in [7, 11) is 0. The summed E-state index contributed by atoms with van der Waals surface area (Å²) in [6.45, 7) is 2.28. The van der Waals surface area contributed by atoms with Crippen molar-refractivity contribution in [2.24, 2.45) is 5.73 Å². The van der Waals surface area contributed by atoms with Crippen LogP contribution in [0.3, 0.4) is 0 Å². The normalized spacial score (nSPS) is 20.6. The molecule has 0 aromatic heterocycles. The summed E-state index contributed by atoms with van der Waals surface area (Å²) >= 11 is 3.12. The van der Waals surface area contributed by atoms with E-state index in [1.54, 1.807) is 17.9 Å². The average Bonchev–Trinajstić information content (AvgIpc) is 2.51. The van der Waals surface area contributed by atoms with E-state index in [9.17, 15) is 9.18 Å². The first kappa shape index (κ1) is 11.5. The van der Waals surface area contributed by atoms with Crippen LogP contribution in [-0.2, 0) is 4.79 Å². The van der Waals surface area contributed by atoms with Crippen molar-refractivity contribution in [1.82, 2.24) is 0 Å². The van der Waals surface area contributed by atoms with Crippen molar-refractivity contribution in [3.63, 3.8) is 0 Å². The third-order valence-electron chi connectivity index (χ3n) is 2.68. The minimum Gasteiger partial charge on any atom is -0.326 e. The zero-order valence-corrected chi connectivity index (χ0v) is 10.4. The lowest BCUT2D eigenvalue weighted by atomic mass is 10.2. The summed E-state index contributed by atoms with van der Waals surface area (Å²) in [5.41, 5.74) is 7.19. The van der Waals surface area contributed by atoms with Gasteiger partial charge in [-0.2, -0.15) is 0 Å². The van der Waals surface area contributed by atoms with E-state index in [0.29, 0.717) is 17.4 Å². The Balaban J connectivity index is 2.41. The van der Waals surface area contributed by atoms with Gasteiger partial charge in [-0.15, -0.1) is 0 Å². The molecule has 0 bridgehead atoms. The highest BCUT2D eigenvalue weighted by molar-refractivity contribution is 9.10. The molecule has 86 valence electrons. The number of nitrogens with zero attached hydrogens (tertiary/aromatic N) is 1. The predicted octanol–water partition coefficient (Wildman–Crippen LogP) is 1.96. The van der Waals surface area contributed by atoms with Crippen LogP contribution < -0.4 is 10.6 Å². The zero-order valence-electron chi connectivity index (χ0n) is 8.84. The number of carbonyl (C=O) groups excluding carboxylic acids is 1. The van der Waals surface area contributed by atoms with Gasteiger partial charge in [0.05, 0.1) is 4.47 Å². The Labute approximate surface area is 102 Å². The van der Waals surface area contributed by atoms with Crippen LogP contribution >= 0.6 is 15.9 Å². The number of rotatable bonds is 1. The Morgan fingerprint density at radius 3 is 2.81 bits per heavy atom. The first-order valence-corrected chi connectivity index (χ1v) is 5.80. The highest BCUT2D eigenvalue weighted by atomic mass is 79.9. The standard InChI is InChI=1S/C11H12BrFN2O/c1-6-2-9(13)8(12)4-10(6)15-5-7(14)3-11(15)16/h2,4,7H,3,5,14H2,1H3. The number of aryl methyl sites for hydroxylation is 1. The molecular formula is C11H12BrFN2O. The van der Waals surface area contributed by atoms with Gasteiger partial charge >= 0.3 is 0 Å². The van der Waals surface area contributed by atoms with Gasteiger partial charge in [-0.05, 0) is 40.5 Å². The third kappa shape index (κ3) is 1.97. The Hall–Kier alpha value is -0.940. The van der Waals surface area contributed by atoms with Gasteiger partial charge in [0.15, 0.2) is 0 Å². The fourth-order valence-corrected chi connectivity index (χ4v) is 2.23. The molecule has 0 aliphatic carbocycles. The van der Waals surface area contributed by atoms with Gasteiger partial charge < -0.3 is 10.6 Å². The Morgan fingerprint density at radius 1 is 1.56 bits per heavy atom. The van der Waals surface area contributed by atoms with Gasteiger partial charge in [0.25, 0.3) is 0 Å². The number of anilines is 1. The highest BCUT2D eigenvalue weighted by Crippen LogP contribution is 2.29. The van der Waals surface area contributed by atoms with Crippen LogP contribution in [0.5, 0.6) is 0 Å². The van der Waals surface area contributed by atoms with Crippen LogP contribution in [0.1, 0.15) is 12.0 Å². The van der Waals surface area contributed by atoms with Crippen LogP contribution in [0.4, 0.5) is 10.1 Å². The fraction of sp³-hybridized carbons (Fsp3) is 0.364. The second-order valence-electron chi connectivity index (χ2n) is 4.02. The summed E-state index contributed by atoms with van der Waals surface area (Å²) in [5, 5.41) is 0. The summed E-state index contributed by atoms with van der Waals surface area (Å²) in [6.07, 6.45) is 0.356. The summed E-state index contributed by atoms with van der Waals surface area (Å²) in [4.78, 5) is 13.3. The van der Waals surface area contributed by atoms with Crippen LogP contribution in [0.15, 0.2) is 16.6 Å². The first-order chi connectivity index (χ1) is 7.49. The van der Waals surface area contributed by atoms with E-state index in [2.05, 4.69) is 15.9 Å². The van der Waals surface area contributed by atoms with E-state index in [-0.39, 0.29) is 17.8 Å². The quantitative estimate of drug-likeness (QED) is 0.858. The lowest BCUT2D eigenvalue weighted by Crippen LogP contribution is -2.28. The van der Waals surface area contributed by atoms with Gasteiger partial charge in [0, 0.05) is 24.7 Å². The molecule has 1 heterocycles. The number of nitrogens with two attached hydrogens (primary N) is 1. The molecule has 5 heteroatoms. The molecule has 1 atom stereocenters. The Kier molecular flexibility index (Phi) is 2.99. The summed E-state index contributed by atoms with van der Waals surface area (Å²) in [5.74, 6) is -0.327. The van der Waals surface area contributed by atoms with Crippen molar-refractivity contribution in [2.45, 2.75) is 19.4 Å². The molecule has 0 radical (unpaired) electrons. The van der Waals surface area contributed by atoms with Gasteiger partial charge in [-0.1, -0.05) is 0 Å². The molecule has 16 heavy (non-hydrogen) atoms. The maximum atomic E-state index is 13.2. The number of halogens is 2. The molecule has 1 aliphatic heterocycles. The molecule has 0 saturated carbocycles.